The van der Waals surface area contributed by atoms with Crippen molar-refractivity contribution >= 4 is 27.0 Å². The number of fused-ring (bicyclic) bond motifs is 1. The summed E-state index contributed by atoms with van der Waals surface area (Å²) < 4.78 is 31.3. The molecule has 1 aliphatic heterocycles. The average Bonchev–Trinajstić information content (AvgIpc) is 2.97. The van der Waals surface area contributed by atoms with E-state index < -0.39 is 10.2 Å². The molecule has 1 aromatic carbocycles. The molecular formula is C18H26N4O4S. The molecule has 8 nitrogen and oxygen atoms in total. The monoisotopic (exact) mass is 394 g/mol. The number of aryl methyl sites for hydroxylation is 1. The number of ether oxygens (including phenoxy) is 1. The zero-order valence-electron chi connectivity index (χ0n) is 15.6. The normalized spacial score (nSPS) is 16.0. The summed E-state index contributed by atoms with van der Waals surface area (Å²) in [6.07, 6.45) is 2.44. The number of amides is 1. The predicted molar refractivity (Wildman–Crippen MR) is 104 cm³/mol. The summed E-state index contributed by atoms with van der Waals surface area (Å²) in [5.74, 6) is 1.17. The maximum atomic E-state index is 13.0. The quantitative estimate of drug-likeness (QED) is 0.768. The van der Waals surface area contributed by atoms with Crippen molar-refractivity contribution in [3.8, 4) is 5.75 Å². The smallest absolute Gasteiger partial charge is 0.274 e. The Morgan fingerprint density at radius 2 is 2.00 bits per heavy atom. The number of rotatable bonds is 6. The van der Waals surface area contributed by atoms with E-state index in [9.17, 15) is 13.2 Å². The Labute approximate surface area is 159 Å². The molecule has 1 amide bonds. The molecule has 0 unspecified atom stereocenters. The number of nitrogens with two attached hydrogens (primary N) is 1. The standard InChI is InChI=1S/C18H26N4O4S/c1-21-16-12-15(26-2)4-3-14(16)11-17(21)18(23)22-9-6-13(7-10-22)5-8-20-27(19,24)25/h3-4,11-13,20H,5-10H2,1-2H3,(H2,19,24,25). The van der Waals surface area contributed by atoms with Gasteiger partial charge >= 0.3 is 0 Å². The van der Waals surface area contributed by atoms with Crippen LogP contribution >= 0.6 is 0 Å². The predicted octanol–water partition coefficient (Wildman–Crippen LogP) is 1.22. The van der Waals surface area contributed by atoms with Gasteiger partial charge < -0.3 is 14.2 Å². The second kappa shape index (κ2) is 7.87. The van der Waals surface area contributed by atoms with Gasteiger partial charge in [0.15, 0.2) is 0 Å². The van der Waals surface area contributed by atoms with Crippen LogP contribution in [0.2, 0.25) is 0 Å². The minimum absolute atomic E-state index is 0.0220. The van der Waals surface area contributed by atoms with Gasteiger partial charge in [-0.3, -0.25) is 4.79 Å². The first-order valence-electron chi connectivity index (χ1n) is 8.98. The van der Waals surface area contributed by atoms with E-state index in [1.165, 1.54) is 0 Å². The number of hydrogen-bond acceptors (Lipinski definition) is 4. The second-order valence-electron chi connectivity index (χ2n) is 6.98. The molecule has 1 aliphatic rings. The van der Waals surface area contributed by atoms with Gasteiger partial charge in [-0.05, 0) is 43.4 Å². The first-order chi connectivity index (χ1) is 12.8. The van der Waals surface area contributed by atoms with Crippen LogP contribution in [-0.2, 0) is 17.3 Å². The lowest BCUT2D eigenvalue weighted by atomic mass is 9.93. The van der Waals surface area contributed by atoms with Crippen LogP contribution in [0.5, 0.6) is 5.75 Å². The number of likely N-dealkylation sites (tertiary alicyclic amines) is 1. The van der Waals surface area contributed by atoms with Crippen LogP contribution in [0.25, 0.3) is 10.9 Å². The van der Waals surface area contributed by atoms with Gasteiger partial charge in [0.1, 0.15) is 11.4 Å². The first kappa shape index (κ1) is 19.7. The van der Waals surface area contributed by atoms with Gasteiger partial charge in [0.2, 0.25) is 0 Å². The molecule has 9 heteroatoms. The van der Waals surface area contributed by atoms with Crippen molar-refractivity contribution in [2.45, 2.75) is 19.3 Å². The van der Waals surface area contributed by atoms with Crippen molar-refractivity contribution < 1.29 is 17.9 Å². The highest BCUT2D eigenvalue weighted by atomic mass is 32.2. The first-order valence-corrected chi connectivity index (χ1v) is 10.5. The summed E-state index contributed by atoms with van der Waals surface area (Å²) in [4.78, 5) is 14.8. The third kappa shape index (κ3) is 4.60. The van der Waals surface area contributed by atoms with Gasteiger partial charge in [0.05, 0.1) is 12.6 Å². The maximum absolute atomic E-state index is 13.0. The van der Waals surface area contributed by atoms with Crippen LogP contribution in [0.1, 0.15) is 29.8 Å². The molecule has 0 bridgehead atoms. The summed E-state index contributed by atoms with van der Waals surface area (Å²) in [6.45, 7) is 1.68. The van der Waals surface area contributed by atoms with Crippen molar-refractivity contribution in [2.75, 3.05) is 26.7 Å². The summed E-state index contributed by atoms with van der Waals surface area (Å²) in [5, 5.41) is 5.94. The molecule has 148 valence electrons. The van der Waals surface area contributed by atoms with Crippen LogP contribution in [-0.4, -0.2) is 50.5 Å². The van der Waals surface area contributed by atoms with E-state index >= 15 is 0 Å². The molecule has 0 spiro atoms. The average molecular weight is 394 g/mol. The van der Waals surface area contributed by atoms with E-state index in [4.69, 9.17) is 9.88 Å². The van der Waals surface area contributed by atoms with Gasteiger partial charge in [-0.2, -0.15) is 8.42 Å². The van der Waals surface area contributed by atoms with Gasteiger partial charge in [0.25, 0.3) is 16.1 Å². The number of piperidine rings is 1. The third-order valence-corrected chi connectivity index (χ3v) is 5.84. The van der Waals surface area contributed by atoms with Crippen molar-refractivity contribution in [1.82, 2.24) is 14.2 Å². The highest BCUT2D eigenvalue weighted by molar-refractivity contribution is 7.87. The number of carbonyl (C=O) groups excluding carboxylic acids is 1. The molecule has 3 rings (SSSR count). The second-order valence-corrected chi connectivity index (χ2v) is 8.36. The molecule has 0 atom stereocenters. The Balaban J connectivity index is 1.62. The Bertz CT molecular complexity index is 930. The zero-order chi connectivity index (χ0) is 19.6. The molecule has 2 aromatic rings. The van der Waals surface area contributed by atoms with Crippen LogP contribution in [0.15, 0.2) is 24.3 Å². The third-order valence-electron chi connectivity index (χ3n) is 5.23. The Morgan fingerprint density at radius 1 is 1.30 bits per heavy atom. The maximum Gasteiger partial charge on any atom is 0.274 e. The molecule has 0 saturated carbocycles. The van der Waals surface area contributed by atoms with Crippen LogP contribution in [0.3, 0.4) is 0 Å². The lowest BCUT2D eigenvalue weighted by Crippen LogP contribution is -2.40. The lowest BCUT2D eigenvalue weighted by molar-refractivity contribution is 0.0678. The highest BCUT2D eigenvalue weighted by Crippen LogP contribution is 2.26. The lowest BCUT2D eigenvalue weighted by Gasteiger charge is -2.32. The fraction of sp³-hybridized carbons (Fsp3) is 0.500. The van der Waals surface area contributed by atoms with Gasteiger partial charge in [-0.15, -0.1) is 0 Å². The molecule has 27 heavy (non-hydrogen) atoms. The Kier molecular flexibility index (Phi) is 5.73. The van der Waals surface area contributed by atoms with Crippen LogP contribution in [0, 0.1) is 5.92 Å². The van der Waals surface area contributed by atoms with Gasteiger partial charge in [0, 0.05) is 38.1 Å². The van der Waals surface area contributed by atoms with E-state index in [1.54, 1.807) is 7.11 Å². The minimum atomic E-state index is -3.63. The van der Waals surface area contributed by atoms with Crippen molar-refractivity contribution in [2.24, 2.45) is 18.1 Å². The van der Waals surface area contributed by atoms with E-state index in [0.29, 0.717) is 31.2 Å². The number of carbonyl (C=O) groups is 1. The largest absolute Gasteiger partial charge is 0.497 e. The van der Waals surface area contributed by atoms with E-state index in [0.717, 1.165) is 35.9 Å². The zero-order valence-corrected chi connectivity index (χ0v) is 16.5. The van der Waals surface area contributed by atoms with Crippen molar-refractivity contribution in [3.05, 3.63) is 30.0 Å². The molecule has 2 heterocycles. The number of benzene rings is 1. The molecule has 0 radical (unpaired) electrons. The van der Waals surface area contributed by atoms with Crippen LogP contribution < -0.4 is 14.6 Å². The van der Waals surface area contributed by atoms with Crippen molar-refractivity contribution in [3.63, 3.8) is 0 Å². The Morgan fingerprint density at radius 3 is 2.63 bits per heavy atom. The SMILES string of the molecule is COc1ccc2cc(C(=O)N3CCC(CCNS(N)(=O)=O)CC3)n(C)c2c1. The van der Waals surface area contributed by atoms with Crippen molar-refractivity contribution in [1.29, 1.82) is 0 Å². The number of aromatic nitrogens is 1. The summed E-state index contributed by atoms with van der Waals surface area (Å²) in [6, 6.07) is 7.68. The van der Waals surface area contributed by atoms with E-state index in [2.05, 4.69) is 4.72 Å². The minimum Gasteiger partial charge on any atom is -0.497 e. The van der Waals surface area contributed by atoms with E-state index in [-0.39, 0.29) is 5.91 Å². The number of nitrogens with zero attached hydrogens (tertiary/aromatic N) is 2. The summed E-state index contributed by atoms with van der Waals surface area (Å²) in [7, 11) is -0.121. The topological polar surface area (TPSA) is 107 Å². The van der Waals surface area contributed by atoms with E-state index in [1.807, 2.05) is 40.8 Å². The molecule has 0 aliphatic carbocycles. The highest BCUT2D eigenvalue weighted by Gasteiger charge is 2.25. The van der Waals surface area contributed by atoms with Gasteiger partial charge in [-0.1, -0.05) is 0 Å². The molecule has 1 aromatic heterocycles. The number of methoxy groups -OCH3 is 1. The summed E-state index contributed by atoms with van der Waals surface area (Å²) >= 11 is 0. The number of nitrogens with one attached hydrogen (secondary N) is 1. The molecule has 1 saturated heterocycles. The fourth-order valence-corrected chi connectivity index (χ4v) is 4.04. The molecule has 3 N–H and O–H groups in total. The molecule has 1 fully saturated rings. The van der Waals surface area contributed by atoms with Gasteiger partial charge in [-0.25, -0.2) is 9.86 Å². The fourth-order valence-electron chi connectivity index (χ4n) is 3.63. The summed E-state index contributed by atoms with van der Waals surface area (Å²) in [5.41, 5.74) is 1.62. The Hall–Kier alpha value is -2.10. The molecular weight excluding hydrogens is 368 g/mol. The number of hydrogen-bond donors (Lipinski definition) is 2. The van der Waals surface area contributed by atoms with Crippen LogP contribution in [0.4, 0.5) is 0 Å².